The first-order valence-corrected chi connectivity index (χ1v) is 17.3. The molecular weight excluding hydrogens is 633 g/mol. The lowest BCUT2D eigenvalue weighted by molar-refractivity contribution is 0.623. The highest BCUT2D eigenvalue weighted by Gasteiger charge is 2.22. The number of aromatic nitrogens is 4. The number of oxazole rings is 1. The van der Waals surface area contributed by atoms with Crippen LogP contribution in [0.3, 0.4) is 0 Å². The maximum absolute atomic E-state index is 6.58. The lowest BCUT2D eigenvalue weighted by Crippen LogP contribution is -2.00. The van der Waals surface area contributed by atoms with Crippen molar-refractivity contribution >= 4 is 53.4 Å². The van der Waals surface area contributed by atoms with E-state index in [4.69, 9.17) is 24.4 Å². The Balaban J connectivity index is 1.26. The van der Waals surface area contributed by atoms with Crippen molar-refractivity contribution in [2.24, 2.45) is 0 Å². The quantitative estimate of drug-likeness (QED) is 0.184. The molecule has 0 saturated heterocycles. The van der Waals surface area contributed by atoms with Gasteiger partial charge in [-0.05, 0) is 52.7 Å². The summed E-state index contributed by atoms with van der Waals surface area (Å²) in [6.07, 6.45) is 0. The molecule has 234 valence electrons. The van der Waals surface area contributed by atoms with Gasteiger partial charge in [-0.15, -0.1) is 11.3 Å². The molecule has 0 N–H and O–H groups in total. The predicted molar refractivity (Wildman–Crippen MR) is 205 cm³/mol. The summed E-state index contributed by atoms with van der Waals surface area (Å²) in [5.41, 5.74) is 7.54. The van der Waals surface area contributed by atoms with E-state index in [1.165, 1.54) is 4.70 Å². The van der Waals surface area contributed by atoms with Crippen LogP contribution in [0.2, 0.25) is 0 Å². The van der Waals surface area contributed by atoms with Gasteiger partial charge in [0.2, 0.25) is 5.89 Å². The average Bonchev–Trinajstić information content (AvgIpc) is 3.80. The van der Waals surface area contributed by atoms with E-state index >= 15 is 0 Å². The molecule has 6 heteroatoms. The fraction of sp³-hybridized carbons (Fsp3) is 0. The lowest BCUT2D eigenvalue weighted by Gasteiger charge is -2.13. The minimum atomic E-state index is 0.611. The molecule has 0 aliphatic rings. The molecule has 0 aliphatic heterocycles. The predicted octanol–water partition coefficient (Wildman–Crippen LogP) is 11.9. The third-order valence-electron chi connectivity index (χ3n) is 9.13. The van der Waals surface area contributed by atoms with Crippen LogP contribution < -0.4 is 0 Å². The summed E-state index contributed by atoms with van der Waals surface area (Å²) >= 11 is 1.78. The highest BCUT2D eigenvalue weighted by Crippen LogP contribution is 2.47. The van der Waals surface area contributed by atoms with Gasteiger partial charge in [-0.25, -0.2) is 19.9 Å². The molecule has 50 heavy (non-hydrogen) atoms. The number of hydrogen-bond donors (Lipinski definition) is 0. The molecule has 0 aliphatic carbocycles. The minimum absolute atomic E-state index is 0.611. The topological polar surface area (TPSA) is 64.7 Å². The Kier molecular flexibility index (Phi) is 6.60. The summed E-state index contributed by atoms with van der Waals surface area (Å²) in [6, 6.07) is 53.9. The minimum Gasteiger partial charge on any atom is -0.435 e. The third kappa shape index (κ3) is 4.77. The van der Waals surface area contributed by atoms with Crippen LogP contribution in [0.25, 0.3) is 98.8 Å². The van der Waals surface area contributed by atoms with Crippen molar-refractivity contribution in [2.75, 3.05) is 0 Å². The smallest absolute Gasteiger partial charge is 0.227 e. The van der Waals surface area contributed by atoms with E-state index in [2.05, 4.69) is 66.7 Å². The summed E-state index contributed by atoms with van der Waals surface area (Å²) < 4.78 is 8.94. The average molecular weight is 659 g/mol. The molecule has 0 spiro atoms. The van der Waals surface area contributed by atoms with E-state index in [9.17, 15) is 0 Å². The van der Waals surface area contributed by atoms with Crippen LogP contribution in [0.4, 0.5) is 0 Å². The van der Waals surface area contributed by atoms with Crippen molar-refractivity contribution in [1.82, 2.24) is 19.9 Å². The van der Waals surface area contributed by atoms with E-state index < -0.39 is 0 Å². The maximum atomic E-state index is 6.58. The molecule has 0 radical (unpaired) electrons. The zero-order valence-electron chi connectivity index (χ0n) is 26.6. The Morgan fingerprint density at radius 2 is 1.00 bits per heavy atom. The zero-order valence-corrected chi connectivity index (χ0v) is 27.4. The van der Waals surface area contributed by atoms with E-state index in [0.717, 1.165) is 70.7 Å². The van der Waals surface area contributed by atoms with Crippen molar-refractivity contribution in [3.63, 3.8) is 0 Å². The number of fused-ring (bicyclic) bond motifs is 6. The second-order valence-electron chi connectivity index (χ2n) is 12.2. The third-order valence-corrected chi connectivity index (χ3v) is 10.3. The molecule has 0 amide bonds. The SMILES string of the molecule is c1ccc(-c2nc(-c3ccccc3)nc(-c3cc(-c4cc5nc(-c6ccccc6)oc5c5c4sc4ccccc45)c4ccccc4c3)n2)cc1. The standard InChI is InChI=1S/C44H26N4OS/c1-4-14-27(15-5-1)41-46-42(28-16-6-2-7-17-28)48-43(47-41)31-24-30-20-10-11-21-32(30)34(25-31)35-26-36-39(49-44(45-36)29-18-8-3-9-19-29)38-33-22-12-13-23-37(33)50-40(35)38/h1-26H. The molecule has 7 aromatic carbocycles. The van der Waals surface area contributed by atoms with Crippen LogP contribution >= 0.6 is 11.3 Å². The Hall–Kier alpha value is -6.50. The van der Waals surface area contributed by atoms with Gasteiger partial charge in [0.15, 0.2) is 23.1 Å². The van der Waals surface area contributed by atoms with Crippen LogP contribution in [0.5, 0.6) is 0 Å². The monoisotopic (exact) mass is 658 g/mol. The molecule has 0 atom stereocenters. The van der Waals surface area contributed by atoms with Gasteiger partial charge < -0.3 is 4.42 Å². The number of thiophene rings is 1. The van der Waals surface area contributed by atoms with Gasteiger partial charge in [-0.1, -0.05) is 121 Å². The van der Waals surface area contributed by atoms with Gasteiger partial charge in [0.1, 0.15) is 5.52 Å². The van der Waals surface area contributed by atoms with Gasteiger partial charge in [-0.3, -0.25) is 0 Å². The maximum Gasteiger partial charge on any atom is 0.227 e. The van der Waals surface area contributed by atoms with Crippen molar-refractivity contribution in [3.8, 4) is 56.7 Å². The summed E-state index contributed by atoms with van der Waals surface area (Å²) in [5, 5.41) is 4.48. The molecule has 10 rings (SSSR count). The molecule has 5 nitrogen and oxygen atoms in total. The summed E-state index contributed by atoms with van der Waals surface area (Å²) in [6.45, 7) is 0. The number of hydrogen-bond acceptors (Lipinski definition) is 6. The molecule has 3 heterocycles. The summed E-state index contributed by atoms with van der Waals surface area (Å²) in [5.74, 6) is 2.49. The fourth-order valence-corrected chi connectivity index (χ4v) is 8.01. The highest BCUT2D eigenvalue weighted by atomic mass is 32.1. The molecule has 0 bridgehead atoms. The Labute approximate surface area is 291 Å². The Morgan fingerprint density at radius 1 is 0.440 bits per heavy atom. The number of benzene rings is 7. The van der Waals surface area contributed by atoms with Crippen LogP contribution in [-0.2, 0) is 0 Å². The second kappa shape index (κ2) is 11.6. The van der Waals surface area contributed by atoms with Gasteiger partial charge in [0, 0.05) is 48.0 Å². The van der Waals surface area contributed by atoms with Crippen LogP contribution in [0.1, 0.15) is 0 Å². The zero-order chi connectivity index (χ0) is 33.0. The summed E-state index contributed by atoms with van der Waals surface area (Å²) in [7, 11) is 0. The lowest BCUT2D eigenvalue weighted by atomic mass is 9.94. The molecule has 0 unspecified atom stereocenters. The molecular formula is C44H26N4OS. The largest absolute Gasteiger partial charge is 0.435 e. The second-order valence-corrected chi connectivity index (χ2v) is 13.3. The normalized spacial score (nSPS) is 11.6. The first kappa shape index (κ1) is 28.5. The van der Waals surface area contributed by atoms with Gasteiger partial charge in [-0.2, -0.15) is 0 Å². The van der Waals surface area contributed by atoms with Crippen molar-refractivity contribution in [3.05, 3.63) is 158 Å². The molecule has 0 saturated carbocycles. The van der Waals surface area contributed by atoms with Gasteiger partial charge in [0.25, 0.3) is 0 Å². The van der Waals surface area contributed by atoms with Crippen LogP contribution in [-0.4, -0.2) is 19.9 Å². The van der Waals surface area contributed by atoms with E-state index in [1.807, 2.05) is 91.0 Å². The number of nitrogens with zero attached hydrogens (tertiary/aromatic N) is 4. The summed E-state index contributed by atoms with van der Waals surface area (Å²) in [4.78, 5) is 20.1. The van der Waals surface area contributed by atoms with Crippen molar-refractivity contribution in [1.29, 1.82) is 0 Å². The fourth-order valence-electron chi connectivity index (χ4n) is 6.78. The molecule has 0 fully saturated rings. The van der Waals surface area contributed by atoms with E-state index in [0.29, 0.717) is 23.4 Å². The van der Waals surface area contributed by atoms with E-state index in [1.54, 1.807) is 11.3 Å². The number of rotatable bonds is 5. The van der Waals surface area contributed by atoms with Crippen molar-refractivity contribution in [2.45, 2.75) is 0 Å². The van der Waals surface area contributed by atoms with E-state index in [-0.39, 0.29) is 0 Å². The highest BCUT2D eigenvalue weighted by molar-refractivity contribution is 7.26. The van der Waals surface area contributed by atoms with Gasteiger partial charge in [0.05, 0.1) is 0 Å². The first-order valence-electron chi connectivity index (χ1n) is 16.5. The van der Waals surface area contributed by atoms with Crippen LogP contribution in [0, 0.1) is 0 Å². The molecule has 3 aromatic heterocycles. The van der Waals surface area contributed by atoms with Crippen molar-refractivity contribution < 1.29 is 4.42 Å². The van der Waals surface area contributed by atoms with Gasteiger partial charge >= 0.3 is 0 Å². The molecule has 10 aromatic rings. The van der Waals surface area contributed by atoms with Crippen LogP contribution in [0.15, 0.2) is 162 Å². The Bertz CT molecular complexity index is 2810. The Morgan fingerprint density at radius 3 is 1.68 bits per heavy atom. The first-order chi connectivity index (χ1) is 24.8.